The van der Waals surface area contributed by atoms with E-state index in [1.165, 1.54) is 0 Å². The molecule has 4 unspecified atom stereocenters. The van der Waals surface area contributed by atoms with Crippen molar-refractivity contribution < 1.29 is 9.59 Å². The van der Waals surface area contributed by atoms with E-state index in [-0.39, 0.29) is 29.8 Å². The second kappa shape index (κ2) is 5.26. The average molecular weight is 253 g/mol. The minimum atomic E-state index is -0.344. The zero-order chi connectivity index (χ0) is 13.3. The Morgan fingerprint density at radius 2 is 2.11 bits per heavy atom. The summed E-state index contributed by atoms with van der Waals surface area (Å²) in [7, 11) is 1.77. The van der Waals surface area contributed by atoms with Crippen LogP contribution >= 0.6 is 0 Å². The molecule has 0 aromatic carbocycles. The first kappa shape index (κ1) is 13.3. The standard InChI is InChI=1S/C13H23N3O2/c1-8-4-3-5-9(14)11(8)12(17)15-10-6-7-16(2)13(10)18/h8-11H,3-7,14H2,1-2H3,(H,15,17). The lowest BCUT2D eigenvalue weighted by Gasteiger charge is -2.33. The van der Waals surface area contributed by atoms with E-state index in [0.29, 0.717) is 12.3 Å². The molecule has 0 bridgehead atoms. The highest BCUT2D eigenvalue weighted by atomic mass is 16.2. The fraction of sp³-hybridized carbons (Fsp3) is 0.846. The van der Waals surface area contributed by atoms with Gasteiger partial charge in [0.25, 0.3) is 0 Å². The van der Waals surface area contributed by atoms with Crippen molar-refractivity contribution in [3.05, 3.63) is 0 Å². The largest absolute Gasteiger partial charge is 0.344 e. The summed E-state index contributed by atoms with van der Waals surface area (Å²) in [5.74, 6) is 0.143. The number of rotatable bonds is 2. The Balaban J connectivity index is 1.97. The van der Waals surface area contributed by atoms with Crippen molar-refractivity contribution in [1.29, 1.82) is 0 Å². The number of hydrogen-bond acceptors (Lipinski definition) is 3. The maximum atomic E-state index is 12.3. The van der Waals surface area contributed by atoms with Crippen LogP contribution in [0, 0.1) is 11.8 Å². The van der Waals surface area contributed by atoms with E-state index in [2.05, 4.69) is 12.2 Å². The molecule has 1 saturated heterocycles. The molecule has 102 valence electrons. The second-order valence-corrected chi connectivity index (χ2v) is 5.71. The van der Waals surface area contributed by atoms with Crippen LogP contribution in [-0.2, 0) is 9.59 Å². The number of likely N-dealkylation sites (N-methyl/N-ethyl adjacent to an activating group) is 1. The predicted molar refractivity (Wildman–Crippen MR) is 68.7 cm³/mol. The Hall–Kier alpha value is -1.10. The van der Waals surface area contributed by atoms with Crippen molar-refractivity contribution in [2.24, 2.45) is 17.6 Å². The van der Waals surface area contributed by atoms with Gasteiger partial charge in [-0.2, -0.15) is 0 Å². The van der Waals surface area contributed by atoms with Gasteiger partial charge in [-0.3, -0.25) is 9.59 Å². The van der Waals surface area contributed by atoms with Crippen LogP contribution in [0.4, 0.5) is 0 Å². The van der Waals surface area contributed by atoms with E-state index < -0.39 is 0 Å². The Labute approximate surface area is 108 Å². The van der Waals surface area contributed by atoms with Gasteiger partial charge in [0.05, 0.1) is 5.92 Å². The highest BCUT2D eigenvalue weighted by Crippen LogP contribution is 2.29. The Bertz CT molecular complexity index is 335. The molecule has 1 heterocycles. The number of amides is 2. The minimum Gasteiger partial charge on any atom is -0.344 e. The topological polar surface area (TPSA) is 75.4 Å². The molecule has 1 saturated carbocycles. The molecule has 1 aliphatic carbocycles. The van der Waals surface area contributed by atoms with Crippen LogP contribution in [-0.4, -0.2) is 42.4 Å². The molecule has 18 heavy (non-hydrogen) atoms. The van der Waals surface area contributed by atoms with Crippen molar-refractivity contribution in [1.82, 2.24) is 10.2 Å². The highest BCUT2D eigenvalue weighted by Gasteiger charge is 2.37. The molecule has 2 fully saturated rings. The van der Waals surface area contributed by atoms with E-state index in [1.807, 2.05) is 0 Å². The number of carbonyl (C=O) groups excluding carboxylic acids is 2. The number of nitrogens with two attached hydrogens (primary N) is 1. The molecule has 0 radical (unpaired) electrons. The van der Waals surface area contributed by atoms with Gasteiger partial charge in [-0.15, -0.1) is 0 Å². The third-order valence-corrected chi connectivity index (χ3v) is 4.32. The Morgan fingerprint density at radius 1 is 1.39 bits per heavy atom. The van der Waals surface area contributed by atoms with E-state index >= 15 is 0 Å². The van der Waals surface area contributed by atoms with E-state index in [9.17, 15) is 9.59 Å². The van der Waals surface area contributed by atoms with Crippen molar-refractivity contribution in [3.8, 4) is 0 Å². The van der Waals surface area contributed by atoms with Gasteiger partial charge in [0, 0.05) is 19.6 Å². The molecule has 2 amide bonds. The van der Waals surface area contributed by atoms with Gasteiger partial charge in [-0.05, 0) is 25.2 Å². The Morgan fingerprint density at radius 3 is 2.67 bits per heavy atom. The van der Waals surface area contributed by atoms with Crippen LogP contribution in [0.3, 0.4) is 0 Å². The maximum Gasteiger partial charge on any atom is 0.244 e. The van der Waals surface area contributed by atoms with Crippen LogP contribution in [0.2, 0.25) is 0 Å². The number of carbonyl (C=O) groups is 2. The lowest BCUT2D eigenvalue weighted by Crippen LogP contribution is -2.51. The SMILES string of the molecule is CC1CCCC(N)C1C(=O)NC1CCN(C)C1=O. The fourth-order valence-corrected chi connectivity index (χ4v) is 3.13. The first-order chi connectivity index (χ1) is 8.50. The van der Waals surface area contributed by atoms with Gasteiger partial charge in [-0.1, -0.05) is 13.3 Å². The summed E-state index contributed by atoms with van der Waals surface area (Å²) in [5, 5.41) is 2.88. The van der Waals surface area contributed by atoms with Gasteiger partial charge in [0.1, 0.15) is 6.04 Å². The molecule has 3 N–H and O–H groups in total. The van der Waals surface area contributed by atoms with Crippen LogP contribution in [0.15, 0.2) is 0 Å². The van der Waals surface area contributed by atoms with E-state index in [0.717, 1.165) is 25.8 Å². The molecule has 4 atom stereocenters. The molecule has 5 nitrogen and oxygen atoms in total. The summed E-state index contributed by atoms with van der Waals surface area (Å²) in [4.78, 5) is 25.7. The van der Waals surface area contributed by atoms with Crippen molar-refractivity contribution in [2.45, 2.75) is 44.7 Å². The van der Waals surface area contributed by atoms with Gasteiger partial charge in [-0.25, -0.2) is 0 Å². The molecule has 0 aromatic rings. The van der Waals surface area contributed by atoms with Gasteiger partial charge in [0.2, 0.25) is 11.8 Å². The molecular formula is C13H23N3O2. The second-order valence-electron chi connectivity index (χ2n) is 5.71. The quantitative estimate of drug-likeness (QED) is 0.732. The minimum absolute atomic E-state index is 0.0142. The molecule has 1 aliphatic heterocycles. The van der Waals surface area contributed by atoms with E-state index in [1.54, 1.807) is 11.9 Å². The molecule has 2 rings (SSSR count). The molecule has 5 heteroatoms. The molecule has 2 aliphatic rings. The monoisotopic (exact) mass is 253 g/mol. The third-order valence-electron chi connectivity index (χ3n) is 4.32. The first-order valence-electron chi connectivity index (χ1n) is 6.81. The van der Waals surface area contributed by atoms with Gasteiger partial charge < -0.3 is 16.0 Å². The molecule has 0 aromatic heterocycles. The smallest absolute Gasteiger partial charge is 0.244 e. The predicted octanol–water partition coefficient (Wildman–Crippen LogP) is 0.0968. The van der Waals surface area contributed by atoms with Crippen LogP contribution in [0.1, 0.15) is 32.6 Å². The average Bonchev–Trinajstić information content (AvgIpc) is 2.61. The summed E-state index contributed by atoms with van der Waals surface area (Å²) in [6.07, 6.45) is 3.75. The van der Waals surface area contributed by atoms with Crippen LogP contribution < -0.4 is 11.1 Å². The number of hydrogen-bond donors (Lipinski definition) is 2. The van der Waals surface area contributed by atoms with Crippen molar-refractivity contribution in [3.63, 3.8) is 0 Å². The highest BCUT2D eigenvalue weighted by molar-refractivity contribution is 5.90. The lowest BCUT2D eigenvalue weighted by atomic mass is 9.76. The van der Waals surface area contributed by atoms with Crippen molar-refractivity contribution in [2.75, 3.05) is 13.6 Å². The maximum absolute atomic E-state index is 12.3. The third kappa shape index (κ3) is 2.51. The zero-order valence-corrected chi connectivity index (χ0v) is 11.2. The molecule has 0 spiro atoms. The molecular weight excluding hydrogens is 230 g/mol. The number of nitrogens with zero attached hydrogens (tertiary/aromatic N) is 1. The van der Waals surface area contributed by atoms with Crippen LogP contribution in [0.5, 0.6) is 0 Å². The summed E-state index contributed by atoms with van der Waals surface area (Å²) in [6.45, 7) is 2.79. The first-order valence-corrected chi connectivity index (χ1v) is 6.81. The summed E-state index contributed by atoms with van der Waals surface area (Å²) < 4.78 is 0. The van der Waals surface area contributed by atoms with Crippen LogP contribution in [0.25, 0.3) is 0 Å². The number of likely N-dealkylation sites (tertiary alicyclic amines) is 1. The summed E-state index contributed by atoms with van der Waals surface area (Å²) in [6, 6.07) is -0.410. The summed E-state index contributed by atoms with van der Waals surface area (Å²) in [5.41, 5.74) is 6.05. The Kier molecular flexibility index (Phi) is 3.90. The zero-order valence-electron chi connectivity index (χ0n) is 11.2. The number of nitrogens with one attached hydrogen (secondary N) is 1. The van der Waals surface area contributed by atoms with E-state index in [4.69, 9.17) is 5.73 Å². The van der Waals surface area contributed by atoms with Gasteiger partial charge >= 0.3 is 0 Å². The van der Waals surface area contributed by atoms with Gasteiger partial charge in [0.15, 0.2) is 0 Å². The van der Waals surface area contributed by atoms with Crippen molar-refractivity contribution >= 4 is 11.8 Å². The lowest BCUT2D eigenvalue weighted by molar-refractivity contribution is -0.134. The normalized spacial score (nSPS) is 36.8. The summed E-state index contributed by atoms with van der Waals surface area (Å²) >= 11 is 0. The fourth-order valence-electron chi connectivity index (χ4n) is 3.13.